The maximum absolute atomic E-state index is 11.3. The Labute approximate surface area is 109 Å². The van der Waals surface area contributed by atoms with Crippen LogP contribution in [0.15, 0.2) is 6.20 Å². The van der Waals surface area contributed by atoms with Gasteiger partial charge >= 0.3 is 12.0 Å². The van der Waals surface area contributed by atoms with Crippen molar-refractivity contribution >= 4 is 12.0 Å². The minimum atomic E-state index is -1.07. The van der Waals surface area contributed by atoms with E-state index in [9.17, 15) is 9.59 Å². The molecule has 1 atom stereocenters. The summed E-state index contributed by atoms with van der Waals surface area (Å²) in [6.07, 6.45) is 1.79. The first-order valence-electron chi connectivity index (χ1n) is 5.96. The fourth-order valence-electron chi connectivity index (χ4n) is 1.80. The lowest BCUT2D eigenvalue weighted by Crippen LogP contribution is -2.32. The van der Waals surface area contributed by atoms with Crippen LogP contribution < -0.4 is 11.1 Å². The topological polar surface area (TPSA) is 126 Å². The normalized spacial score (nSPS) is 16.5. The van der Waals surface area contributed by atoms with E-state index in [1.54, 1.807) is 15.8 Å². The highest BCUT2D eigenvalue weighted by molar-refractivity contribution is 5.76. The Hall–Kier alpha value is -2.16. The lowest BCUT2D eigenvalue weighted by atomic mass is 10.2. The van der Waals surface area contributed by atoms with Gasteiger partial charge in [-0.3, -0.25) is 9.48 Å². The first-order valence-corrected chi connectivity index (χ1v) is 5.96. The maximum Gasteiger partial charge on any atom is 0.320 e. The van der Waals surface area contributed by atoms with Crippen LogP contribution in [-0.2, 0) is 17.8 Å². The van der Waals surface area contributed by atoms with Gasteiger partial charge in [-0.15, -0.1) is 5.10 Å². The average molecular weight is 268 g/mol. The molecule has 1 unspecified atom stereocenters. The Morgan fingerprint density at radius 1 is 1.58 bits per heavy atom. The van der Waals surface area contributed by atoms with E-state index in [-0.39, 0.29) is 12.5 Å². The first-order chi connectivity index (χ1) is 9.06. The van der Waals surface area contributed by atoms with Gasteiger partial charge in [0.25, 0.3) is 0 Å². The van der Waals surface area contributed by atoms with Crippen molar-refractivity contribution in [3.8, 4) is 0 Å². The zero-order valence-corrected chi connectivity index (χ0v) is 10.3. The van der Waals surface area contributed by atoms with Gasteiger partial charge in [-0.2, -0.15) is 0 Å². The third kappa shape index (κ3) is 3.41. The lowest BCUT2D eigenvalue weighted by molar-refractivity contribution is -0.138. The summed E-state index contributed by atoms with van der Waals surface area (Å²) in [5, 5.41) is 19.1. The Bertz CT molecular complexity index is 474. The molecule has 2 heterocycles. The molecule has 1 fully saturated rings. The van der Waals surface area contributed by atoms with Crippen molar-refractivity contribution in [3.05, 3.63) is 11.9 Å². The maximum atomic E-state index is 11.3. The second-order valence-electron chi connectivity index (χ2n) is 4.34. The van der Waals surface area contributed by atoms with Gasteiger partial charge in [-0.25, -0.2) is 4.79 Å². The lowest BCUT2D eigenvalue weighted by Gasteiger charge is -2.12. The van der Waals surface area contributed by atoms with Gasteiger partial charge in [-0.05, 0) is 0 Å². The molecule has 0 saturated carbocycles. The third-order valence-corrected chi connectivity index (χ3v) is 2.88. The minimum absolute atomic E-state index is 0.0757. The predicted octanol–water partition coefficient (Wildman–Crippen LogP) is -1.74. The van der Waals surface area contributed by atoms with Crippen LogP contribution >= 0.6 is 0 Å². The summed E-state index contributed by atoms with van der Waals surface area (Å²) >= 11 is 0. The Morgan fingerprint density at radius 2 is 2.37 bits per heavy atom. The van der Waals surface area contributed by atoms with Gasteiger partial charge in [0.2, 0.25) is 0 Å². The molecule has 0 aliphatic carbocycles. The smallest absolute Gasteiger partial charge is 0.320 e. The summed E-state index contributed by atoms with van der Waals surface area (Å²) in [4.78, 5) is 23.6. The predicted molar refractivity (Wildman–Crippen MR) is 64.3 cm³/mol. The highest BCUT2D eigenvalue weighted by atomic mass is 16.4. The number of nitrogens with one attached hydrogen (secondary N) is 1. The monoisotopic (exact) mass is 268 g/mol. The summed E-state index contributed by atoms with van der Waals surface area (Å²) in [7, 11) is 0. The van der Waals surface area contributed by atoms with Crippen LogP contribution in [-0.4, -0.2) is 62.7 Å². The number of amides is 2. The van der Waals surface area contributed by atoms with E-state index in [1.165, 1.54) is 0 Å². The number of carbonyl (C=O) groups excluding carboxylic acids is 1. The molecule has 0 bridgehead atoms. The summed E-state index contributed by atoms with van der Waals surface area (Å²) in [5.41, 5.74) is 5.94. The molecule has 1 aliphatic rings. The molecule has 9 nitrogen and oxygen atoms in total. The van der Waals surface area contributed by atoms with Gasteiger partial charge in [0.15, 0.2) is 0 Å². The number of carbonyl (C=O) groups is 2. The summed E-state index contributed by atoms with van der Waals surface area (Å²) in [5.74, 6) is -1.07. The second-order valence-corrected chi connectivity index (χ2v) is 4.34. The van der Waals surface area contributed by atoms with Gasteiger partial charge in [-0.1, -0.05) is 5.21 Å². The Balaban J connectivity index is 1.83. The number of urea groups is 1. The van der Waals surface area contributed by atoms with E-state index >= 15 is 0 Å². The third-order valence-electron chi connectivity index (χ3n) is 2.88. The van der Waals surface area contributed by atoms with Crippen molar-refractivity contribution in [2.45, 2.75) is 19.0 Å². The molecular weight excluding hydrogens is 252 g/mol. The van der Waals surface area contributed by atoms with E-state index in [4.69, 9.17) is 10.8 Å². The van der Waals surface area contributed by atoms with E-state index in [1.807, 2.05) is 0 Å². The molecule has 0 radical (unpaired) electrons. The van der Waals surface area contributed by atoms with E-state index in [0.717, 1.165) is 0 Å². The van der Waals surface area contributed by atoms with E-state index < -0.39 is 12.0 Å². The second kappa shape index (κ2) is 5.65. The number of nitrogens with zero attached hydrogens (tertiary/aromatic N) is 4. The number of aromatic nitrogens is 3. The van der Waals surface area contributed by atoms with Gasteiger partial charge in [0, 0.05) is 32.3 Å². The van der Waals surface area contributed by atoms with Gasteiger partial charge < -0.3 is 21.1 Å². The quantitative estimate of drug-likeness (QED) is 0.562. The van der Waals surface area contributed by atoms with Crippen LogP contribution in [0.1, 0.15) is 5.69 Å². The highest BCUT2D eigenvalue weighted by Gasteiger charge is 2.19. The van der Waals surface area contributed by atoms with Crippen LogP contribution in [0.3, 0.4) is 0 Å². The number of hydrogen-bond donors (Lipinski definition) is 3. The Morgan fingerprint density at radius 3 is 3.00 bits per heavy atom. The zero-order valence-electron chi connectivity index (χ0n) is 10.3. The molecule has 1 aromatic rings. The summed E-state index contributed by atoms with van der Waals surface area (Å²) in [6, 6.07) is -1.05. The number of carboxylic acid groups (broad SMARTS) is 1. The minimum Gasteiger partial charge on any atom is -0.480 e. The molecule has 4 N–H and O–H groups in total. The van der Waals surface area contributed by atoms with E-state index in [0.29, 0.717) is 31.9 Å². The molecule has 0 spiro atoms. The van der Waals surface area contributed by atoms with Crippen molar-refractivity contribution in [1.82, 2.24) is 25.2 Å². The number of hydrogen-bond acceptors (Lipinski definition) is 5. The number of aliphatic carboxylic acids is 1. The van der Waals surface area contributed by atoms with Crippen LogP contribution in [0.5, 0.6) is 0 Å². The molecule has 1 aliphatic heterocycles. The zero-order chi connectivity index (χ0) is 13.8. The molecule has 9 heteroatoms. The highest BCUT2D eigenvalue weighted by Crippen LogP contribution is 2.00. The van der Waals surface area contributed by atoms with Gasteiger partial charge in [0.1, 0.15) is 6.04 Å². The molecule has 1 saturated heterocycles. The first kappa shape index (κ1) is 13.3. The van der Waals surface area contributed by atoms with Crippen molar-refractivity contribution in [3.63, 3.8) is 0 Å². The molecule has 1 aromatic heterocycles. The molecular formula is C10H16N6O3. The van der Waals surface area contributed by atoms with Gasteiger partial charge in [0.05, 0.1) is 12.2 Å². The molecule has 19 heavy (non-hydrogen) atoms. The SMILES string of the molecule is NC(Cc1cn(CCN2CCNC2=O)nn1)C(=O)O. The van der Waals surface area contributed by atoms with Crippen LogP contribution in [0.2, 0.25) is 0 Å². The van der Waals surface area contributed by atoms with Crippen LogP contribution in [0.25, 0.3) is 0 Å². The standard InChI is InChI=1S/C10H16N6O3/c11-8(9(17)18)5-7-6-16(14-13-7)4-3-15-2-1-12-10(15)19/h6,8H,1-5,11H2,(H,12,19)(H,17,18). The molecule has 2 amide bonds. The van der Waals surface area contributed by atoms with Crippen molar-refractivity contribution in [2.24, 2.45) is 5.73 Å². The molecule has 104 valence electrons. The Kier molecular flexibility index (Phi) is 3.95. The molecule has 2 rings (SSSR count). The number of carboxylic acids is 1. The van der Waals surface area contributed by atoms with Crippen molar-refractivity contribution < 1.29 is 14.7 Å². The van der Waals surface area contributed by atoms with Crippen molar-refractivity contribution in [1.29, 1.82) is 0 Å². The molecule has 0 aromatic carbocycles. The largest absolute Gasteiger partial charge is 0.480 e. The van der Waals surface area contributed by atoms with E-state index in [2.05, 4.69) is 15.6 Å². The number of nitrogens with two attached hydrogens (primary N) is 1. The van der Waals surface area contributed by atoms with Crippen LogP contribution in [0.4, 0.5) is 4.79 Å². The van der Waals surface area contributed by atoms with Crippen molar-refractivity contribution in [2.75, 3.05) is 19.6 Å². The fraction of sp³-hybridized carbons (Fsp3) is 0.600. The average Bonchev–Trinajstić information content (AvgIpc) is 2.96. The number of rotatable bonds is 6. The summed E-state index contributed by atoms with van der Waals surface area (Å²) in [6.45, 7) is 2.40. The summed E-state index contributed by atoms with van der Waals surface area (Å²) < 4.78 is 1.58. The van der Waals surface area contributed by atoms with Crippen LogP contribution in [0, 0.1) is 0 Å². The fourth-order valence-corrected chi connectivity index (χ4v) is 1.80.